The number of benzene rings is 1. The molecule has 1 saturated heterocycles. The predicted octanol–water partition coefficient (Wildman–Crippen LogP) is 2.68. The molecule has 0 amide bonds. The van der Waals surface area contributed by atoms with Gasteiger partial charge in [0.25, 0.3) is 5.56 Å². The summed E-state index contributed by atoms with van der Waals surface area (Å²) < 4.78 is 15.0. The van der Waals surface area contributed by atoms with Gasteiger partial charge in [0.15, 0.2) is 0 Å². The van der Waals surface area contributed by atoms with Gasteiger partial charge in [-0.25, -0.2) is 4.98 Å². The molecule has 9 heteroatoms. The molecule has 2 aliphatic rings. The van der Waals surface area contributed by atoms with E-state index >= 15 is 0 Å². The van der Waals surface area contributed by atoms with Crippen LogP contribution in [0.4, 0.5) is 0 Å². The molecule has 198 valence electrons. The number of nitrogens with one attached hydrogen (secondary N) is 1. The summed E-state index contributed by atoms with van der Waals surface area (Å²) >= 11 is 0. The van der Waals surface area contributed by atoms with Gasteiger partial charge in [0, 0.05) is 50.0 Å². The third-order valence-electron chi connectivity index (χ3n) is 7.50. The van der Waals surface area contributed by atoms with Gasteiger partial charge in [-0.15, -0.1) is 0 Å². The highest BCUT2D eigenvalue weighted by Gasteiger charge is 2.30. The van der Waals surface area contributed by atoms with Gasteiger partial charge in [-0.2, -0.15) is 0 Å². The van der Waals surface area contributed by atoms with Gasteiger partial charge < -0.3 is 23.7 Å². The molecule has 0 radical (unpaired) electrons. The van der Waals surface area contributed by atoms with Crippen molar-refractivity contribution in [1.82, 2.24) is 19.4 Å². The molecule has 2 aromatic heterocycles. The van der Waals surface area contributed by atoms with Crippen LogP contribution in [0, 0.1) is 12.8 Å². The van der Waals surface area contributed by atoms with E-state index in [0.717, 1.165) is 73.4 Å². The molecular formula is C28H36N4O5. The van der Waals surface area contributed by atoms with Crippen molar-refractivity contribution in [3.8, 4) is 11.4 Å². The number of hydrogen-bond acceptors (Lipinski definition) is 7. The molecule has 3 atom stereocenters. The Kier molecular flexibility index (Phi) is 7.46. The number of carbonyl (C=O) groups is 1. The lowest BCUT2D eigenvalue weighted by molar-refractivity contribution is -0.158. The van der Waals surface area contributed by atoms with Crippen molar-refractivity contribution < 1.29 is 19.4 Å². The first-order chi connectivity index (χ1) is 17.8. The molecule has 37 heavy (non-hydrogen) atoms. The Bertz CT molecular complexity index is 1310. The summed E-state index contributed by atoms with van der Waals surface area (Å²) in [4.78, 5) is 29.9. The Morgan fingerprint density at radius 3 is 2.76 bits per heavy atom. The summed E-state index contributed by atoms with van der Waals surface area (Å²) in [5.74, 6) is 0.812. The third-order valence-corrected chi connectivity index (χ3v) is 7.50. The highest BCUT2D eigenvalue weighted by atomic mass is 16.5. The van der Waals surface area contributed by atoms with E-state index in [-0.39, 0.29) is 11.7 Å². The number of aryl methyl sites for hydroxylation is 2. The van der Waals surface area contributed by atoms with Crippen LogP contribution in [-0.2, 0) is 34.4 Å². The van der Waals surface area contributed by atoms with Crippen LogP contribution >= 0.6 is 0 Å². The van der Waals surface area contributed by atoms with Crippen molar-refractivity contribution in [1.29, 1.82) is 0 Å². The summed E-state index contributed by atoms with van der Waals surface area (Å²) in [5.41, 5.74) is 4.34. The number of carbonyl (C=O) groups excluding carboxylic acids is 1. The quantitative estimate of drug-likeness (QED) is 0.428. The molecule has 1 aliphatic carbocycles. The van der Waals surface area contributed by atoms with Crippen LogP contribution in [0.2, 0.25) is 0 Å². The van der Waals surface area contributed by atoms with Crippen LogP contribution < -0.4 is 10.9 Å². The average Bonchev–Trinajstić information content (AvgIpc) is 3.47. The van der Waals surface area contributed by atoms with Crippen molar-refractivity contribution in [3.05, 3.63) is 51.9 Å². The summed E-state index contributed by atoms with van der Waals surface area (Å²) in [6.07, 6.45) is 4.80. The fourth-order valence-corrected chi connectivity index (χ4v) is 5.08. The minimum absolute atomic E-state index is 0.0209. The van der Waals surface area contributed by atoms with Crippen LogP contribution in [0.3, 0.4) is 0 Å². The van der Waals surface area contributed by atoms with E-state index in [1.807, 2.05) is 31.3 Å². The van der Waals surface area contributed by atoms with Crippen molar-refractivity contribution in [2.75, 3.05) is 13.2 Å². The van der Waals surface area contributed by atoms with Crippen LogP contribution in [0.5, 0.6) is 0 Å². The van der Waals surface area contributed by atoms with Crippen molar-refractivity contribution in [3.63, 3.8) is 0 Å². The Labute approximate surface area is 216 Å². The van der Waals surface area contributed by atoms with Crippen molar-refractivity contribution in [2.24, 2.45) is 13.0 Å². The molecule has 1 saturated carbocycles. The van der Waals surface area contributed by atoms with Crippen molar-refractivity contribution in [2.45, 2.75) is 70.9 Å². The minimum atomic E-state index is -0.872. The highest BCUT2D eigenvalue weighted by Crippen LogP contribution is 2.28. The number of aliphatic hydroxyl groups excluding tert-OH is 1. The van der Waals surface area contributed by atoms with Crippen LogP contribution in [0.1, 0.15) is 43.7 Å². The number of nitrogens with zero attached hydrogens (tertiary/aromatic N) is 3. The molecule has 0 bridgehead atoms. The number of ether oxygens (including phenoxy) is 2. The number of esters is 1. The average molecular weight is 509 g/mol. The fourth-order valence-electron chi connectivity index (χ4n) is 5.08. The van der Waals surface area contributed by atoms with Gasteiger partial charge in [-0.05, 0) is 63.3 Å². The minimum Gasteiger partial charge on any atom is -0.461 e. The molecule has 2 N–H and O–H groups in total. The third kappa shape index (κ3) is 5.49. The number of hydrogen-bond donors (Lipinski definition) is 2. The van der Waals surface area contributed by atoms with E-state index in [2.05, 4.69) is 16.0 Å². The van der Waals surface area contributed by atoms with E-state index in [1.165, 1.54) is 0 Å². The molecule has 1 aliphatic heterocycles. The van der Waals surface area contributed by atoms with Gasteiger partial charge in [0.2, 0.25) is 0 Å². The standard InChI is InChI=1S/C28H36N4O5/c1-17-11-21(15-31(3)27(17)34)26-30-23-12-19(7-8-24(23)32(26)14-20-9-10-36-16-20)13-29-25(18(2)33)28(35)37-22-5-4-6-22/h7-8,11-12,15,18,20,22,25,29,33H,4-6,9-10,13-14,16H2,1-3H3. The maximum atomic E-state index is 12.6. The molecule has 3 unspecified atom stereocenters. The molecule has 5 rings (SSSR count). The number of pyridine rings is 1. The summed E-state index contributed by atoms with van der Waals surface area (Å²) in [6.45, 7) is 6.09. The molecule has 1 aromatic carbocycles. The molecule has 9 nitrogen and oxygen atoms in total. The lowest BCUT2D eigenvalue weighted by atomic mass is 9.96. The Morgan fingerprint density at radius 1 is 1.30 bits per heavy atom. The van der Waals surface area contributed by atoms with Crippen LogP contribution in [0.15, 0.2) is 35.3 Å². The predicted molar refractivity (Wildman–Crippen MR) is 140 cm³/mol. The lowest BCUT2D eigenvalue weighted by Gasteiger charge is -2.28. The maximum Gasteiger partial charge on any atom is 0.326 e. The van der Waals surface area contributed by atoms with Gasteiger partial charge in [-0.3, -0.25) is 14.9 Å². The Balaban J connectivity index is 1.43. The first-order valence-corrected chi connectivity index (χ1v) is 13.2. The molecule has 3 aromatic rings. The van der Waals surface area contributed by atoms with Crippen molar-refractivity contribution >= 4 is 17.0 Å². The zero-order chi connectivity index (χ0) is 26.1. The zero-order valence-electron chi connectivity index (χ0n) is 21.8. The topological polar surface area (TPSA) is 108 Å². The van der Waals surface area contributed by atoms with Crippen LogP contribution in [0.25, 0.3) is 22.4 Å². The Morgan fingerprint density at radius 2 is 2.11 bits per heavy atom. The lowest BCUT2D eigenvalue weighted by Crippen LogP contribution is -2.47. The Hall–Kier alpha value is -3.01. The number of rotatable bonds is 9. The summed E-state index contributed by atoms with van der Waals surface area (Å²) in [7, 11) is 1.76. The second kappa shape index (κ2) is 10.8. The van der Waals surface area contributed by atoms with Gasteiger partial charge in [-0.1, -0.05) is 6.07 Å². The first-order valence-electron chi connectivity index (χ1n) is 13.2. The first kappa shape index (κ1) is 25.6. The monoisotopic (exact) mass is 508 g/mol. The van der Waals surface area contributed by atoms with E-state index in [1.54, 1.807) is 18.5 Å². The summed E-state index contributed by atoms with van der Waals surface area (Å²) in [6, 6.07) is 7.19. The van der Waals surface area contributed by atoms with Gasteiger partial charge in [0.05, 0.1) is 23.7 Å². The molecule has 2 fully saturated rings. The van der Waals surface area contributed by atoms with E-state index in [4.69, 9.17) is 14.5 Å². The molecule has 0 spiro atoms. The number of imidazole rings is 1. The SMILES string of the molecule is Cc1cc(-c2nc3cc(CNC(C(=O)OC4CCC4)C(C)O)ccc3n2CC2CCOC2)cn(C)c1=O. The van der Waals surface area contributed by atoms with E-state index < -0.39 is 18.1 Å². The van der Waals surface area contributed by atoms with Gasteiger partial charge >= 0.3 is 5.97 Å². The van der Waals surface area contributed by atoms with Crippen LogP contribution in [-0.4, -0.2) is 56.7 Å². The highest BCUT2D eigenvalue weighted by molar-refractivity contribution is 5.81. The smallest absolute Gasteiger partial charge is 0.326 e. The largest absolute Gasteiger partial charge is 0.461 e. The second-order valence-corrected chi connectivity index (χ2v) is 10.5. The normalized spacial score (nSPS) is 19.6. The van der Waals surface area contributed by atoms with E-state index in [0.29, 0.717) is 18.0 Å². The van der Waals surface area contributed by atoms with Gasteiger partial charge in [0.1, 0.15) is 18.0 Å². The molecule has 3 heterocycles. The second-order valence-electron chi connectivity index (χ2n) is 10.5. The molecular weight excluding hydrogens is 472 g/mol. The number of aromatic nitrogens is 3. The van der Waals surface area contributed by atoms with E-state index in [9.17, 15) is 14.7 Å². The maximum absolute atomic E-state index is 12.6. The number of aliphatic hydroxyl groups is 1. The number of fused-ring (bicyclic) bond motifs is 1. The fraction of sp³-hybridized carbons (Fsp3) is 0.536. The summed E-state index contributed by atoms with van der Waals surface area (Å²) in [5, 5.41) is 13.4. The zero-order valence-corrected chi connectivity index (χ0v) is 21.8.